The molecule has 1 saturated carbocycles. The van der Waals surface area contributed by atoms with E-state index in [1.165, 1.54) is 12.1 Å². The summed E-state index contributed by atoms with van der Waals surface area (Å²) in [4.78, 5) is 0. The SMILES string of the molecule is CCC1CCCC1(O)c1c(F)ccc(C)c1F. The fourth-order valence-corrected chi connectivity index (χ4v) is 2.99. The highest BCUT2D eigenvalue weighted by Crippen LogP contribution is 2.47. The number of aryl methyl sites for hydroxylation is 1. The van der Waals surface area contributed by atoms with Crippen molar-refractivity contribution in [1.29, 1.82) is 0 Å². The average molecular weight is 240 g/mol. The Balaban J connectivity index is 2.56. The van der Waals surface area contributed by atoms with Crippen molar-refractivity contribution in [3.05, 3.63) is 34.9 Å². The van der Waals surface area contributed by atoms with Gasteiger partial charge in [-0.25, -0.2) is 8.78 Å². The molecule has 1 aliphatic carbocycles. The molecule has 2 rings (SSSR count). The Morgan fingerprint density at radius 3 is 2.76 bits per heavy atom. The summed E-state index contributed by atoms with van der Waals surface area (Å²) in [5.41, 5.74) is -1.06. The zero-order valence-corrected chi connectivity index (χ0v) is 10.3. The predicted molar refractivity (Wildman–Crippen MR) is 62.6 cm³/mol. The Hall–Kier alpha value is -0.960. The highest BCUT2D eigenvalue weighted by atomic mass is 19.1. The summed E-state index contributed by atoms with van der Waals surface area (Å²) in [5, 5.41) is 10.6. The van der Waals surface area contributed by atoms with Gasteiger partial charge in [0.2, 0.25) is 0 Å². The molecule has 2 unspecified atom stereocenters. The lowest BCUT2D eigenvalue weighted by atomic mass is 9.81. The van der Waals surface area contributed by atoms with Crippen LogP contribution in [-0.4, -0.2) is 5.11 Å². The molecule has 0 saturated heterocycles. The standard InChI is InChI=1S/C14H18F2O/c1-3-10-5-4-8-14(10,17)12-11(15)7-6-9(2)13(12)16/h6-7,10,17H,3-5,8H2,1-2H3. The molecule has 1 nitrogen and oxygen atoms in total. The van der Waals surface area contributed by atoms with Crippen LogP contribution >= 0.6 is 0 Å². The third kappa shape index (κ3) is 1.86. The van der Waals surface area contributed by atoms with Gasteiger partial charge >= 0.3 is 0 Å². The number of aliphatic hydroxyl groups is 1. The van der Waals surface area contributed by atoms with Crippen molar-refractivity contribution in [2.24, 2.45) is 5.92 Å². The lowest BCUT2D eigenvalue weighted by Gasteiger charge is -2.31. The van der Waals surface area contributed by atoms with Gasteiger partial charge in [-0.15, -0.1) is 0 Å². The minimum Gasteiger partial charge on any atom is -0.385 e. The highest BCUT2D eigenvalue weighted by molar-refractivity contribution is 5.32. The molecule has 1 aliphatic rings. The van der Waals surface area contributed by atoms with Crippen LogP contribution in [0.5, 0.6) is 0 Å². The van der Waals surface area contributed by atoms with E-state index in [9.17, 15) is 13.9 Å². The van der Waals surface area contributed by atoms with Gasteiger partial charge in [0.1, 0.15) is 11.6 Å². The van der Waals surface area contributed by atoms with E-state index >= 15 is 0 Å². The van der Waals surface area contributed by atoms with Gasteiger partial charge in [-0.05, 0) is 43.7 Å². The number of benzene rings is 1. The minimum absolute atomic E-state index is 0.0479. The molecule has 1 aromatic rings. The van der Waals surface area contributed by atoms with Crippen molar-refractivity contribution in [3.8, 4) is 0 Å². The van der Waals surface area contributed by atoms with E-state index in [0.29, 0.717) is 12.0 Å². The highest BCUT2D eigenvalue weighted by Gasteiger charge is 2.45. The maximum atomic E-state index is 14.1. The molecule has 3 heteroatoms. The third-order valence-electron chi connectivity index (χ3n) is 4.00. The van der Waals surface area contributed by atoms with Crippen molar-refractivity contribution in [2.45, 2.75) is 45.1 Å². The first-order chi connectivity index (χ1) is 8.00. The van der Waals surface area contributed by atoms with Crippen LogP contribution in [0.25, 0.3) is 0 Å². The summed E-state index contributed by atoms with van der Waals surface area (Å²) in [7, 11) is 0. The van der Waals surface area contributed by atoms with E-state index < -0.39 is 17.2 Å². The lowest BCUT2D eigenvalue weighted by molar-refractivity contribution is -0.0105. The molecule has 0 bridgehead atoms. The van der Waals surface area contributed by atoms with E-state index in [0.717, 1.165) is 19.3 Å². The molecule has 0 spiro atoms. The molecule has 1 N–H and O–H groups in total. The van der Waals surface area contributed by atoms with E-state index in [1.54, 1.807) is 6.92 Å². The smallest absolute Gasteiger partial charge is 0.135 e. The first kappa shape index (κ1) is 12.5. The Bertz CT molecular complexity index is 430. The molecule has 2 atom stereocenters. The molecule has 0 radical (unpaired) electrons. The van der Waals surface area contributed by atoms with E-state index in [-0.39, 0.29) is 11.5 Å². The summed E-state index contributed by atoms with van der Waals surface area (Å²) >= 11 is 0. The maximum absolute atomic E-state index is 14.1. The zero-order chi connectivity index (χ0) is 12.6. The van der Waals surface area contributed by atoms with Gasteiger partial charge in [-0.2, -0.15) is 0 Å². The molecule has 0 aliphatic heterocycles. The second-order valence-corrected chi connectivity index (χ2v) is 4.97. The number of rotatable bonds is 2. The molecule has 17 heavy (non-hydrogen) atoms. The Morgan fingerprint density at radius 1 is 1.41 bits per heavy atom. The van der Waals surface area contributed by atoms with Crippen molar-refractivity contribution in [3.63, 3.8) is 0 Å². The number of halogens is 2. The summed E-state index contributed by atoms with van der Waals surface area (Å²) in [5.74, 6) is -1.27. The van der Waals surface area contributed by atoms with E-state index in [4.69, 9.17) is 0 Å². The molecule has 1 aromatic carbocycles. The second-order valence-electron chi connectivity index (χ2n) is 4.97. The van der Waals surface area contributed by atoms with Crippen LogP contribution in [0.3, 0.4) is 0 Å². The summed E-state index contributed by atoms with van der Waals surface area (Å²) in [6.07, 6.45) is 2.84. The Labute approximate surface area is 100 Å². The number of hydrogen-bond acceptors (Lipinski definition) is 1. The van der Waals surface area contributed by atoms with Crippen LogP contribution in [-0.2, 0) is 5.60 Å². The third-order valence-corrected chi connectivity index (χ3v) is 4.00. The second kappa shape index (κ2) is 4.37. The van der Waals surface area contributed by atoms with Crippen molar-refractivity contribution in [2.75, 3.05) is 0 Å². The molecule has 0 aromatic heterocycles. The zero-order valence-electron chi connectivity index (χ0n) is 10.3. The largest absolute Gasteiger partial charge is 0.385 e. The van der Waals surface area contributed by atoms with Gasteiger partial charge in [0.25, 0.3) is 0 Å². The van der Waals surface area contributed by atoms with Crippen molar-refractivity contribution in [1.82, 2.24) is 0 Å². The predicted octanol–water partition coefficient (Wildman–Crippen LogP) is 3.67. The normalized spacial score (nSPS) is 28.6. The van der Waals surface area contributed by atoms with Gasteiger partial charge in [0.05, 0.1) is 11.2 Å². The summed E-state index contributed by atoms with van der Waals surface area (Å²) in [6.45, 7) is 3.55. The van der Waals surface area contributed by atoms with Crippen LogP contribution in [0.1, 0.15) is 43.7 Å². The molecule has 1 fully saturated rings. The van der Waals surface area contributed by atoms with Crippen LogP contribution < -0.4 is 0 Å². The molecular weight excluding hydrogens is 222 g/mol. The monoisotopic (exact) mass is 240 g/mol. The van der Waals surface area contributed by atoms with Gasteiger partial charge in [0, 0.05) is 0 Å². The molecular formula is C14H18F2O. The quantitative estimate of drug-likeness (QED) is 0.836. The van der Waals surface area contributed by atoms with Crippen LogP contribution in [0.15, 0.2) is 12.1 Å². The van der Waals surface area contributed by atoms with Crippen LogP contribution in [0, 0.1) is 24.5 Å². The summed E-state index contributed by atoms with van der Waals surface area (Å²) in [6, 6.07) is 2.66. The fourth-order valence-electron chi connectivity index (χ4n) is 2.99. The first-order valence-corrected chi connectivity index (χ1v) is 6.18. The minimum atomic E-state index is -1.32. The molecule has 0 heterocycles. The van der Waals surface area contributed by atoms with Crippen molar-refractivity contribution >= 4 is 0 Å². The number of hydrogen-bond donors (Lipinski definition) is 1. The fraction of sp³-hybridized carbons (Fsp3) is 0.571. The van der Waals surface area contributed by atoms with E-state index in [1.807, 2.05) is 6.92 Å². The maximum Gasteiger partial charge on any atom is 0.135 e. The summed E-state index contributed by atoms with van der Waals surface area (Å²) < 4.78 is 27.9. The van der Waals surface area contributed by atoms with E-state index in [2.05, 4.69) is 0 Å². The van der Waals surface area contributed by atoms with Gasteiger partial charge in [-0.1, -0.05) is 19.4 Å². The van der Waals surface area contributed by atoms with Crippen molar-refractivity contribution < 1.29 is 13.9 Å². The Morgan fingerprint density at radius 2 is 2.12 bits per heavy atom. The Kier molecular flexibility index (Phi) is 3.21. The van der Waals surface area contributed by atoms with Gasteiger partial charge in [0.15, 0.2) is 0 Å². The average Bonchev–Trinajstić information content (AvgIpc) is 2.66. The first-order valence-electron chi connectivity index (χ1n) is 6.18. The van der Waals surface area contributed by atoms with Gasteiger partial charge in [-0.3, -0.25) is 0 Å². The lowest BCUT2D eigenvalue weighted by Crippen LogP contribution is -2.32. The van der Waals surface area contributed by atoms with Gasteiger partial charge < -0.3 is 5.11 Å². The molecule has 0 amide bonds. The molecule has 94 valence electrons. The van der Waals surface area contributed by atoms with Crippen LogP contribution in [0.4, 0.5) is 8.78 Å². The topological polar surface area (TPSA) is 20.2 Å². The van der Waals surface area contributed by atoms with Crippen LogP contribution in [0.2, 0.25) is 0 Å².